The van der Waals surface area contributed by atoms with E-state index in [-0.39, 0.29) is 0 Å². The number of fused-ring (bicyclic) bond motifs is 2. The van der Waals surface area contributed by atoms with Gasteiger partial charge in [-0.25, -0.2) is 0 Å². The average molecular weight is 215 g/mol. The standard InChI is InChI=1S/C11H9N3S/c1-14-8-4-2-3-5-10(8)15-11-7-13-12-6-9(11)14/h2-7H,1H3. The minimum absolute atomic E-state index is 1.12. The van der Waals surface area contributed by atoms with Gasteiger partial charge in [-0.2, -0.15) is 10.2 Å². The number of hydrogen-bond acceptors (Lipinski definition) is 4. The molecule has 0 N–H and O–H groups in total. The van der Waals surface area contributed by atoms with Gasteiger partial charge in [0, 0.05) is 11.9 Å². The van der Waals surface area contributed by atoms with Crippen molar-refractivity contribution in [2.24, 2.45) is 0 Å². The zero-order chi connectivity index (χ0) is 10.3. The van der Waals surface area contributed by atoms with E-state index in [1.54, 1.807) is 18.0 Å². The Morgan fingerprint density at radius 2 is 1.80 bits per heavy atom. The summed E-state index contributed by atoms with van der Waals surface area (Å²) in [4.78, 5) is 4.57. The second-order valence-corrected chi connectivity index (χ2v) is 4.45. The van der Waals surface area contributed by atoms with Crippen LogP contribution < -0.4 is 4.90 Å². The number of aromatic nitrogens is 2. The number of para-hydroxylation sites is 1. The van der Waals surface area contributed by atoms with Crippen LogP contribution in [-0.4, -0.2) is 17.2 Å². The van der Waals surface area contributed by atoms with Crippen molar-refractivity contribution < 1.29 is 0 Å². The first-order valence-corrected chi connectivity index (χ1v) is 5.49. The third-order valence-corrected chi connectivity index (χ3v) is 3.58. The molecule has 2 heterocycles. The molecule has 1 aromatic carbocycles. The Morgan fingerprint density at radius 3 is 2.73 bits per heavy atom. The lowest BCUT2D eigenvalue weighted by atomic mass is 10.2. The zero-order valence-electron chi connectivity index (χ0n) is 8.21. The molecule has 1 aliphatic heterocycles. The van der Waals surface area contributed by atoms with Crippen molar-refractivity contribution in [2.45, 2.75) is 9.79 Å². The topological polar surface area (TPSA) is 29.0 Å². The smallest absolute Gasteiger partial charge is 0.0771 e. The van der Waals surface area contributed by atoms with Crippen molar-refractivity contribution in [3.63, 3.8) is 0 Å². The molecule has 0 bridgehead atoms. The van der Waals surface area contributed by atoms with E-state index in [2.05, 4.69) is 46.4 Å². The van der Waals surface area contributed by atoms with Crippen molar-refractivity contribution in [3.05, 3.63) is 36.7 Å². The first-order valence-electron chi connectivity index (χ1n) is 4.67. The molecule has 0 spiro atoms. The van der Waals surface area contributed by atoms with Crippen LogP contribution in [-0.2, 0) is 0 Å². The van der Waals surface area contributed by atoms with Gasteiger partial charge in [-0.15, -0.1) is 0 Å². The SMILES string of the molecule is CN1c2ccccc2Sc2cnncc21. The summed E-state index contributed by atoms with van der Waals surface area (Å²) in [6.45, 7) is 0. The third kappa shape index (κ3) is 1.29. The lowest BCUT2D eigenvalue weighted by Gasteiger charge is -2.28. The highest BCUT2D eigenvalue weighted by Gasteiger charge is 2.20. The van der Waals surface area contributed by atoms with E-state index in [0.717, 1.165) is 10.6 Å². The Balaban J connectivity index is 2.20. The van der Waals surface area contributed by atoms with Crippen molar-refractivity contribution in [3.8, 4) is 0 Å². The Morgan fingerprint density at radius 1 is 1.00 bits per heavy atom. The summed E-state index contributed by atoms with van der Waals surface area (Å²) in [5, 5.41) is 7.82. The van der Waals surface area contributed by atoms with Crippen LogP contribution in [0.1, 0.15) is 0 Å². The minimum Gasteiger partial charge on any atom is -0.341 e. The molecule has 3 nitrogen and oxygen atoms in total. The van der Waals surface area contributed by atoms with Gasteiger partial charge in [0.2, 0.25) is 0 Å². The molecule has 0 amide bonds. The summed E-state index contributed by atoms with van der Waals surface area (Å²) < 4.78 is 0. The zero-order valence-corrected chi connectivity index (χ0v) is 9.03. The summed E-state index contributed by atoms with van der Waals surface area (Å²) in [7, 11) is 2.05. The molecule has 0 radical (unpaired) electrons. The molecule has 0 unspecified atom stereocenters. The van der Waals surface area contributed by atoms with Gasteiger partial charge in [-0.05, 0) is 12.1 Å². The summed E-state index contributed by atoms with van der Waals surface area (Å²) in [6.07, 6.45) is 3.62. The van der Waals surface area contributed by atoms with E-state index in [1.807, 2.05) is 6.20 Å². The van der Waals surface area contributed by atoms with Crippen molar-refractivity contribution >= 4 is 23.1 Å². The number of rotatable bonds is 0. The Kier molecular flexibility index (Phi) is 1.89. The molecule has 0 saturated carbocycles. The van der Waals surface area contributed by atoms with Crippen molar-refractivity contribution in [1.82, 2.24) is 10.2 Å². The van der Waals surface area contributed by atoms with E-state index in [0.29, 0.717) is 0 Å². The van der Waals surface area contributed by atoms with Crippen LogP contribution in [0.25, 0.3) is 0 Å². The fourth-order valence-electron chi connectivity index (χ4n) is 1.70. The number of anilines is 2. The largest absolute Gasteiger partial charge is 0.341 e. The van der Waals surface area contributed by atoms with Crippen LogP contribution in [0.15, 0.2) is 46.5 Å². The molecule has 4 heteroatoms. The lowest BCUT2D eigenvalue weighted by Crippen LogP contribution is -2.14. The first-order chi connectivity index (χ1) is 7.36. The fourth-order valence-corrected chi connectivity index (χ4v) is 2.79. The van der Waals surface area contributed by atoms with Crippen LogP contribution in [0.2, 0.25) is 0 Å². The molecule has 3 rings (SSSR count). The van der Waals surface area contributed by atoms with Crippen molar-refractivity contribution in [2.75, 3.05) is 11.9 Å². The van der Waals surface area contributed by atoms with Gasteiger partial charge in [0.05, 0.1) is 28.7 Å². The van der Waals surface area contributed by atoms with Gasteiger partial charge >= 0.3 is 0 Å². The fraction of sp³-hybridized carbons (Fsp3) is 0.0909. The molecule has 0 saturated heterocycles. The predicted molar refractivity (Wildman–Crippen MR) is 60.7 cm³/mol. The number of nitrogens with zero attached hydrogens (tertiary/aromatic N) is 3. The van der Waals surface area contributed by atoms with E-state index in [4.69, 9.17) is 0 Å². The highest BCUT2D eigenvalue weighted by atomic mass is 32.2. The number of hydrogen-bond donors (Lipinski definition) is 0. The summed E-state index contributed by atoms with van der Waals surface area (Å²) in [5.41, 5.74) is 2.34. The maximum Gasteiger partial charge on any atom is 0.0771 e. The predicted octanol–water partition coefficient (Wildman–Crippen LogP) is 2.71. The Bertz CT molecular complexity index is 467. The summed E-state index contributed by atoms with van der Waals surface area (Å²) in [5.74, 6) is 0. The van der Waals surface area contributed by atoms with Crippen LogP contribution in [0.4, 0.5) is 11.4 Å². The molecule has 74 valence electrons. The maximum atomic E-state index is 3.92. The summed E-state index contributed by atoms with van der Waals surface area (Å²) >= 11 is 1.74. The maximum absolute atomic E-state index is 3.92. The first kappa shape index (κ1) is 8.73. The van der Waals surface area contributed by atoms with E-state index in [1.165, 1.54) is 10.6 Å². The number of benzene rings is 1. The highest BCUT2D eigenvalue weighted by Crippen LogP contribution is 2.46. The molecule has 15 heavy (non-hydrogen) atoms. The minimum atomic E-state index is 1.12. The average Bonchev–Trinajstić information content (AvgIpc) is 2.30. The normalized spacial score (nSPS) is 13.3. The van der Waals surface area contributed by atoms with Gasteiger partial charge < -0.3 is 4.90 Å². The monoisotopic (exact) mass is 215 g/mol. The van der Waals surface area contributed by atoms with E-state index in [9.17, 15) is 0 Å². The van der Waals surface area contributed by atoms with E-state index >= 15 is 0 Å². The van der Waals surface area contributed by atoms with Crippen LogP contribution in [0.3, 0.4) is 0 Å². The molecule has 0 aliphatic carbocycles. The van der Waals surface area contributed by atoms with Gasteiger partial charge in [0.1, 0.15) is 0 Å². The van der Waals surface area contributed by atoms with Crippen LogP contribution in [0.5, 0.6) is 0 Å². The van der Waals surface area contributed by atoms with Crippen LogP contribution >= 0.6 is 11.8 Å². The molecule has 0 fully saturated rings. The van der Waals surface area contributed by atoms with Gasteiger partial charge in [-0.3, -0.25) is 0 Å². The van der Waals surface area contributed by atoms with Crippen molar-refractivity contribution in [1.29, 1.82) is 0 Å². The van der Waals surface area contributed by atoms with Gasteiger partial charge in [0.25, 0.3) is 0 Å². The quantitative estimate of drug-likeness (QED) is 0.675. The Hall–Kier alpha value is -1.55. The molecule has 1 aliphatic rings. The van der Waals surface area contributed by atoms with Gasteiger partial charge in [0.15, 0.2) is 0 Å². The van der Waals surface area contributed by atoms with Gasteiger partial charge in [-0.1, -0.05) is 23.9 Å². The van der Waals surface area contributed by atoms with Crippen LogP contribution in [0, 0.1) is 0 Å². The lowest BCUT2D eigenvalue weighted by molar-refractivity contribution is 0.966. The molecule has 0 atom stereocenters. The molecular weight excluding hydrogens is 206 g/mol. The highest BCUT2D eigenvalue weighted by molar-refractivity contribution is 7.99. The molecule has 1 aromatic heterocycles. The Labute approximate surface area is 92.1 Å². The summed E-state index contributed by atoms with van der Waals surface area (Å²) in [6, 6.07) is 8.35. The molecule has 2 aromatic rings. The van der Waals surface area contributed by atoms with E-state index < -0.39 is 0 Å². The second kappa shape index (κ2) is 3.24. The molecular formula is C11H9N3S. The second-order valence-electron chi connectivity index (χ2n) is 3.37. The third-order valence-electron chi connectivity index (χ3n) is 2.48.